The summed E-state index contributed by atoms with van der Waals surface area (Å²) in [5, 5.41) is 0.471. The summed E-state index contributed by atoms with van der Waals surface area (Å²) in [5.74, 6) is 0.0299. The van der Waals surface area contributed by atoms with Gasteiger partial charge in [-0.05, 0) is 12.1 Å². The molecule has 0 aromatic carbocycles. The molecule has 6 heteroatoms. The molecule has 0 radical (unpaired) electrons. The molecule has 4 nitrogen and oxygen atoms in total. The summed E-state index contributed by atoms with van der Waals surface area (Å²) < 4.78 is 14.5. The van der Waals surface area contributed by atoms with E-state index in [4.69, 9.17) is 11.6 Å². The molecule has 1 atom stereocenters. The molecule has 1 aliphatic rings. The van der Waals surface area contributed by atoms with Crippen LogP contribution in [0.25, 0.3) is 0 Å². The molecule has 2 rings (SSSR count). The van der Waals surface area contributed by atoms with Crippen molar-refractivity contribution in [2.75, 3.05) is 32.1 Å². The molecule has 1 aromatic heterocycles. The molecular weight excluding hydrogens is 257 g/mol. The van der Waals surface area contributed by atoms with Crippen LogP contribution < -0.4 is 4.90 Å². The molecule has 18 heavy (non-hydrogen) atoms. The van der Waals surface area contributed by atoms with Gasteiger partial charge in [-0.2, -0.15) is 0 Å². The number of hydrogen-bond donors (Lipinski definition) is 0. The fraction of sp³-hybridized carbons (Fsp3) is 0.500. The maximum atomic E-state index is 14.5. The summed E-state index contributed by atoms with van der Waals surface area (Å²) in [5.41, 5.74) is -1.84. The Bertz CT molecular complexity index is 468. The minimum Gasteiger partial charge on any atom is -0.351 e. The van der Waals surface area contributed by atoms with Crippen molar-refractivity contribution in [1.29, 1.82) is 0 Å². The highest BCUT2D eigenvalue weighted by Gasteiger charge is 2.46. The van der Waals surface area contributed by atoms with E-state index < -0.39 is 11.6 Å². The van der Waals surface area contributed by atoms with Crippen molar-refractivity contribution in [3.8, 4) is 0 Å². The Morgan fingerprint density at radius 1 is 1.61 bits per heavy atom. The number of pyridine rings is 1. The predicted octanol–water partition coefficient (Wildman–Crippen LogP) is 1.74. The molecule has 1 aliphatic heterocycles. The highest BCUT2D eigenvalue weighted by atomic mass is 35.5. The van der Waals surface area contributed by atoms with Gasteiger partial charge in [-0.3, -0.25) is 4.79 Å². The van der Waals surface area contributed by atoms with E-state index in [-0.39, 0.29) is 13.0 Å². The first-order valence-electron chi connectivity index (χ1n) is 5.70. The number of halogens is 2. The third-order valence-corrected chi connectivity index (χ3v) is 3.34. The average molecular weight is 272 g/mol. The van der Waals surface area contributed by atoms with Crippen LogP contribution in [0.15, 0.2) is 18.3 Å². The molecule has 1 aromatic rings. The Balaban J connectivity index is 2.18. The zero-order valence-electron chi connectivity index (χ0n) is 10.4. The van der Waals surface area contributed by atoms with Gasteiger partial charge in [0.15, 0.2) is 0 Å². The van der Waals surface area contributed by atoms with Crippen molar-refractivity contribution >= 4 is 23.3 Å². The van der Waals surface area contributed by atoms with Gasteiger partial charge in [0, 0.05) is 33.3 Å². The van der Waals surface area contributed by atoms with E-state index in [1.165, 1.54) is 4.90 Å². The molecule has 0 saturated carbocycles. The van der Waals surface area contributed by atoms with Gasteiger partial charge in [0.05, 0.1) is 11.6 Å². The van der Waals surface area contributed by atoms with Crippen LogP contribution in [-0.4, -0.2) is 48.6 Å². The second kappa shape index (κ2) is 4.72. The Morgan fingerprint density at radius 2 is 2.33 bits per heavy atom. The second-order valence-electron chi connectivity index (χ2n) is 4.65. The lowest BCUT2D eigenvalue weighted by Crippen LogP contribution is -2.44. The molecule has 2 heterocycles. The maximum absolute atomic E-state index is 14.5. The van der Waals surface area contributed by atoms with Gasteiger partial charge in [-0.25, -0.2) is 9.37 Å². The first kappa shape index (κ1) is 13.1. The van der Waals surface area contributed by atoms with Crippen LogP contribution >= 0.6 is 11.6 Å². The van der Waals surface area contributed by atoms with Gasteiger partial charge < -0.3 is 9.80 Å². The molecule has 1 fully saturated rings. The minimum atomic E-state index is -1.84. The summed E-state index contributed by atoms with van der Waals surface area (Å²) in [6.45, 7) is 0.438. The SMILES string of the molecule is CN(C)C(=O)C1(F)CCN(c2ncccc2Cl)C1. The standard InChI is InChI=1S/C12H15ClFN3O/c1-16(2)11(18)12(14)5-7-17(8-12)10-9(13)4-3-6-15-10/h3-4,6H,5,7-8H2,1-2H3. The van der Waals surface area contributed by atoms with Crippen LogP contribution in [0.3, 0.4) is 0 Å². The number of rotatable bonds is 2. The number of nitrogens with zero attached hydrogens (tertiary/aromatic N) is 3. The van der Waals surface area contributed by atoms with Crippen LogP contribution in [0.4, 0.5) is 10.2 Å². The van der Waals surface area contributed by atoms with Crippen molar-refractivity contribution in [2.24, 2.45) is 0 Å². The fourth-order valence-corrected chi connectivity index (χ4v) is 2.38. The topological polar surface area (TPSA) is 36.4 Å². The van der Waals surface area contributed by atoms with Crippen LogP contribution in [0.1, 0.15) is 6.42 Å². The van der Waals surface area contributed by atoms with Crippen molar-refractivity contribution in [3.05, 3.63) is 23.4 Å². The van der Waals surface area contributed by atoms with E-state index in [9.17, 15) is 9.18 Å². The molecule has 98 valence electrons. The molecular formula is C12H15ClFN3O. The van der Waals surface area contributed by atoms with Gasteiger partial charge in [-0.1, -0.05) is 11.6 Å². The number of carbonyl (C=O) groups excluding carboxylic acids is 1. The summed E-state index contributed by atoms with van der Waals surface area (Å²) in [4.78, 5) is 18.9. The van der Waals surface area contributed by atoms with Gasteiger partial charge in [0.1, 0.15) is 5.82 Å². The van der Waals surface area contributed by atoms with Gasteiger partial charge in [0.2, 0.25) is 5.67 Å². The highest BCUT2D eigenvalue weighted by molar-refractivity contribution is 6.32. The molecule has 1 unspecified atom stereocenters. The van der Waals surface area contributed by atoms with Gasteiger partial charge in [-0.15, -0.1) is 0 Å². The van der Waals surface area contributed by atoms with E-state index in [0.717, 1.165) is 0 Å². The molecule has 0 N–H and O–H groups in total. The minimum absolute atomic E-state index is 0.000741. The summed E-state index contributed by atoms with van der Waals surface area (Å²) >= 11 is 6.02. The van der Waals surface area contributed by atoms with Crippen molar-refractivity contribution < 1.29 is 9.18 Å². The number of hydrogen-bond acceptors (Lipinski definition) is 3. The molecule has 0 bridgehead atoms. The quantitative estimate of drug-likeness (QED) is 0.822. The van der Waals surface area contributed by atoms with Crippen LogP contribution in [-0.2, 0) is 4.79 Å². The van der Waals surface area contributed by atoms with E-state index in [1.54, 1.807) is 37.3 Å². The zero-order chi connectivity index (χ0) is 13.3. The maximum Gasteiger partial charge on any atom is 0.261 e. The normalized spacial score (nSPS) is 23.2. The lowest BCUT2D eigenvalue weighted by atomic mass is 10.0. The Labute approximate surface area is 110 Å². The summed E-state index contributed by atoms with van der Waals surface area (Å²) in [7, 11) is 3.11. The third kappa shape index (κ3) is 2.27. The molecule has 1 saturated heterocycles. The van der Waals surface area contributed by atoms with E-state index in [1.807, 2.05) is 0 Å². The highest BCUT2D eigenvalue weighted by Crippen LogP contribution is 2.33. The number of aromatic nitrogens is 1. The molecule has 0 spiro atoms. The predicted molar refractivity (Wildman–Crippen MR) is 68.6 cm³/mol. The van der Waals surface area contributed by atoms with E-state index in [2.05, 4.69) is 4.98 Å². The monoisotopic (exact) mass is 271 g/mol. The van der Waals surface area contributed by atoms with Crippen LogP contribution in [0.5, 0.6) is 0 Å². The second-order valence-corrected chi connectivity index (χ2v) is 5.05. The number of alkyl halides is 1. The Hall–Kier alpha value is -1.36. The largest absolute Gasteiger partial charge is 0.351 e. The lowest BCUT2D eigenvalue weighted by Gasteiger charge is -2.24. The fourth-order valence-electron chi connectivity index (χ4n) is 2.14. The Kier molecular flexibility index (Phi) is 3.43. The van der Waals surface area contributed by atoms with Gasteiger partial charge >= 0.3 is 0 Å². The van der Waals surface area contributed by atoms with Crippen molar-refractivity contribution in [3.63, 3.8) is 0 Å². The van der Waals surface area contributed by atoms with E-state index >= 15 is 0 Å². The number of carbonyl (C=O) groups is 1. The first-order chi connectivity index (χ1) is 8.44. The van der Waals surface area contributed by atoms with Crippen molar-refractivity contribution in [2.45, 2.75) is 12.1 Å². The third-order valence-electron chi connectivity index (χ3n) is 3.05. The zero-order valence-corrected chi connectivity index (χ0v) is 11.1. The smallest absolute Gasteiger partial charge is 0.261 e. The molecule has 0 aliphatic carbocycles. The summed E-state index contributed by atoms with van der Waals surface area (Å²) in [6, 6.07) is 3.42. The lowest BCUT2D eigenvalue weighted by molar-refractivity contribution is -0.139. The van der Waals surface area contributed by atoms with Crippen LogP contribution in [0, 0.1) is 0 Å². The average Bonchev–Trinajstić information content (AvgIpc) is 2.72. The van der Waals surface area contributed by atoms with E-state index in [0.29, 0.717) is 17.4 Å². The van der Waals surface area contributed by atoms with Crippen LogP contribution in [0.2, 0.25) is 5.02 Å². The van der Waals surface area contributed by atoms with Gasteiger partial charge in [0.25, 0.3) is 5.91 Å². The number of amides is 1. The van der Waals surface area contributed by atoms with Crippen molar-refractivity contribution in [1.82, 2.24) is 9.88 Å². The number of anilines is 1. The summed E-state index contributed by atoms with van der Waals surface area (Å²) in [6.07, 6.45) is 1.77. The Morgan fingerprint density at radius 3 is 2.94 bits per heavy atom. The first-order valence-corrected chi connectivity index (χ1v) is 6.08. The molecule has 1 amide bonds.